The molecule has 3 heterocycles. The van der Waals surface area contributed by atoms with Gasteiger partial charge in [-0.2, -0.15) is 14.9 Å². The standard InChI is InChI=1S/C23H18Cl2N6S/c24-16-10-9-14(12-17(16)25)20-19(11-13-5-2-1-3-6-13)32-23-29-28-22(31(23)30-20)21-15-7-4-8-18(15)26-27-21/h1-3,5-6,9-10,12,19H,4,7-8,11H2,(H,26,27). The summed E-state index contributed by atoms with van der Waals surface area (Å²) in [4.78, 5) is 0. The minimum absolute atomic E-state index is 0.0593. The Morgan fingerprint density at radius 3 is 2.75 bits per heavy atom. The molecule has 2 aliphatic rings. The van der Waals surface area contributed by atoms with Crippen molar-refractivity contribution in [1.82, 2.24) is 25.1 Å². The Hall–Kier alpha value is -2.61. The third-order valence-corrected chi connectivity index (χ3v) is 7.75. The summed E-state index contributed by atoms with van der Waals surface area (Å²) < 4.78 is 1.82. The van der Waals surface area contributed by atoms with E-state index in [1.54, 1.807) is 11.8 Å². The number of aromatic nitrogens is 5. The molecule has 1 atom stereocenters. The molecular weight excluding hydrogens is 463 g/mol. The molecule has 0 amide bonds. The molecule has 6 rings (SSSR count). The molecule has 0 bridgehead atoms. The van der Waals surface area contributed by atoms with E-state index in [-0.39, 0.29) is 5.25 Å². The molecule has 0 fully saturated rings. The van der Waals surface area contributed by atoms with E-state index in [1.165, 1.54) is 16.8 Å². The first kappa shape index (κ1) is 20.0. The highest BCUT2D eigenvalue weighted by Crippen LogP contribution is 2.37. The summed E-state index contributed by atoms with van der Waals surface area (Å²) >= 11 is 14.2. The first-order valence-electron chi connectivity index (χ1n) is 10.4. The molecule has 1 aliphatic heterocycles. The summed E-state index contributed by atoms with van der Waals surface area (Å²) in [6.07, 6.45) is 3.96. The van der Waals surface area contributed by atoms with E-state index in [4.69, 9.17) is 28.3 Å². The normalized spacial score (nSPS) is 17.2. The molecule has 2 aromatic heterocycles. The fourth-order valence-electron chi connectivity index (χ4n) is 4.30. The Morgan fingerprint density at radius 2 is 1.91 bits per heavy atom. The van der Waals surface area contributed by atoms with Crippen molar-refractivity contribution >= 4 is 40.7 Å². The van der Waals surface area contributed by atoms with Crippen molar-refractivity contribution in [3.8, 4) is 11.5 Å². The monoisotopic (exact) mass is 480 g/mol. The largest absolute Gasteiger partial charge is 0.282 e. The van der Waals surface area contributed by atoms with Crippen LogP contribution in [0.15, 0.2) is 58.8 Å². The summed E-state index contributed by atoms with van der Waals surface area (Å²) in [5, 5.41) is 23.5. The van der Waals surface area contributed by atoms with Crippen molar-refractivity contribution in [2.24, 2.45) is 5.10 Å². The maximum atomic E-state index is 6.36. The van der Waals surface area contributed by atoms with Crippen molar-refractivity contribution in [1.29, 1.82) is 0 Å². The zero-order valence-electron chi connectivity index (χ0n) is 16.9. The molecule has 9 heteroatoms. The van der Waals surface area contributed by atoms with Gasteiger partial charge in [0.05, 0.1) is 21.0 Å². The van der Waals surface area contributed by atoms with Crippen molar-refractivity contribution in [2.45, 2.75) is 36.1 Å². The van der Waals surface area contributed by atoms with Gasteiger partial charge in [0.2, 0.25) is 11.0 Å². The fraction of sp³-hybridized carbons (Fsp3) is 0.217. The summed E-state index contributed by atoms with van der Waals surface area (Å²) in [5.41, 5.74) is 6.34. The minimum atomic E-state index is 0.0593. The van der Waals surface area contributed by atoms with E-state index in [0.717, 1.165) is 47.8 Å². The second-order valence-corrected chi connectivity index (χ2v) is 9.90. The lowest BCUT2D eigenvalue weighted by Gasteiger charge is -2.23. The number of benzene rings is 2. The number of aromatic amines is 1. The van der Waals surface area contributed by atoms with Gasteiger partial charge in [0.1, 0.15) is 5.69 Å². The number of rotatable bonds is 4. The van der Waals surface area contributed by atoms with Crippen LogP contribution in [0.4, 0.5) is 0 Å². The van der Waals surface area contributed by atoms with Crippen LogP contribution in [0.2, 0.25) is 10.0 Å². The number of hydrogen-bond acceptors (Lipinski definition) is 5. The highest BCUT2D eigenvalue weighted by Gasteiger charge is 2.32. The van der Waals surface area contributed by atoms with Gasteiger partial charge in [0.25, 0.3) is 0 Å². The second kappa shape index (κ2) is 8.06. The molecule has 32 heavy (non-hydrogen) atoms. The van der Waals surface area contributed by atoms with Crippen LogP contribution >= 0.6 is 35.0 Å². The van der Waals surface area contributed by atoms with Crippen LogP contribution in [-0.2, 0) is 19.3 Å². The number of H-pyrrole nitrogens is 1. The van der Waals surface area contributed by atoms with Gasteiger partial charge in [0, 0.05) is 16.8 Å². The van der Waals surface area contributed by atoms with Gasteiger partial charge in [-0.05, 0) is 43.4 Å². The lowest BCUT2D eigenvalue weighted by molar-refractivity contribution is 0.745. The zero-order chi connectivity index (χ0) is 21.7. The number of thioether (sulfide) groups is 1. The summed E-state index contributed by atoms with van der Waals surface area (Å²) in [5.74, 6) is 0.669. The molecule has 160 valence electrons. The van der Waals surface area contributed by atoms with Crippen LogP contribution in [0.3, 0.4) is 0 Å². The van der Waals surface area contributed by atoms with Gasteiger partial charge < -0.3 is 0 Å². The van der Waals surface area contributed by atoms with Gasteiger partial charge in [-0.15, -0.1) is 10.2 Å². The highest BCUT2D eigenvalue weighted by atomic mass is 35.5. The van der Waals surface area contributed by atoms with Crippen molar-refractivity contribution in [2.75, 3.05) is 0 Å². The lowest BCUT2D eigenvalue weighted by atomic mass is 10.0. The average Bonchev–Trinajstić information content (AvgIpc) is 3.52. The molecule has 1 unspecified atom stereocenters. The van der Waals surface area contributed by atoms with Gasteiger partial charge in [-0.3, -0.25) is 5.10 Å². The topological polar surface area (TPSA) is 71.8 Å². The molecule has 0 saturated heterocycles. The van der Waals surface area contributed by atoms with Gasteiger partial charge in [-0.25, -0.2) is 0 Å². The molecule has 1 aliphatic carbocycles. The van der Waals surface area contributed by atoms with E-state index in [1.807, 2.05) is 28.9 Å². The van der Waals surface area contributed by atoms with E-state index in [9.17, 15) is 0 Å². The van der Waals surface area contributed by atoms with Crippen LogP contribution in [0.5, 0.6) is 0 Å². The fourth-order valence-corrected chi connectivity index (χ4v) is 5.74. The number of halogens is 2. The Morgan fingerprint density at radius 1 is 1.03 bits per heavy atom. The number of nitrogens with zero attached hydrogens (tertiary/aromatic N) is 5. The van der Waals surface area contributed by atoms with Gasteiger partial charge >= 0.3 is 0 Å². The van der Waals surface area contributed by atoms with E-state index in [0.29, 0.717) is 15.9 Å². The Labute approximate surface area is 199 Å². The molecular formula is C23H18Cl2N6S. The first-order chi connectivity index (χ1) is 15.7. The van der Waals surface area contributed by atoms with Crippen LogP contribution in [0.25, 0.3) is 11.5 Å². The summed E-state index contributed by atoms with van der Waals surface area (Å²) in [7, 11) is 0. The maximum Gasteiger partial charge on any atom is 0.213 e. The number of nitrogens with one attached hydrogen (secondary N) is 1. The molecule has 0 spiro atoms. The molecule has 0 saturated carbocycles. The molecule has 6 nitrogen and oxygen atoms in total. The van der Waals surface area contributed by atoms with E-state index >= 15 is 0 Å². The predicted octanol–water partition coefficient (Wildman–Crippen LogP) is 5.43. The number of fused-ring (bicyclic) bond motifs is 2. The Kier molecular flexibility index (Phi) is 5.05. The molecule has 0 radical (unpaired) electrons. The quantitative estimate of drug-likeness (QED) is 0.422. The maximum absolute atomic E-state index is 6.36. The SMILES string of the molecule is Clc1ccc(C2=Nn3c(nnc3-c3n[nH]c4c3CCC4)SC2Cc2ccccc2)cc1Cl. The molecule has 4 aromatic rings. The summed E-state index contributed by atoms with van der Waals surface area (Å²) in [6.45, 7) is 0. The average molecular weight is 481 g/mol. The van der Waals surface area contributed by atoms with Crippen molar-refractivity contribution in [3.63, 3.8) is 0 Å². The van der Waals surface area contributed by atoms with Crippen LogP contribution < -0.4 is 0 Å². The number of hydrogen-bond donors (Lipinski definition) is 1. The van der Waals surface area contributed by atoms with E-state index in [2.05, 4.69) is 44.7 Å². The Bertz CT molecular complexity index is 1340. The highest BCUT2D eigenvalue weighted by molar-refractivity contribution is 8.00. The van der Waals surface area contributed by atoms with Crippen LogP contribution in [-0.4, -0.2) is 36.0 Å². The molecule has 1 N–H and O–H groups in total. The van der Waals surface area contributed by atoms with Crippen LogP contribution in [0, 0.1) is 0 Å². The van der Waals surface area contributed by atoms with E-state index < -0.39 is 0 Å². The smallest absolute Gasteiger partial charge is 0.213 e. The van der Waals surface area contributed by atoms with Crippen molar-refractivity contribution < 1.29 is 0 Å². The van der Waals surface area contributed by atoms with Crippen LogP contribution in [0.1, 0.15) is 28.8 Å². The third-order valence-electron chi connectivity index (χ3n) is 5.87. The van der Waals surface area contributed by atoms with Gasteiger partial charge in [-0.1, -0.05) is 71.4 Å². The molecule has 2 aromatic carbocycles. The summed E-state index contributed by atoms with van der Waals surface area (Å²) in [6, 6.07) is 16.0. The Balaban J connectivity index is 1.46. The minimum Gasteiger partial charge on any atom is -0.282 e. The number of aryl methyl sites for hydroxylation is 1. The predicted molar refractivity (Wildman–Crippen MR) is 128 cm³/mol. The zero-order valence-corrected chi connectivity index (χ0v) is 19.3. The lowest BCUT2D eigenvalue weighted by Crippen LogP contribution is -2.26. The third kappa shape index (κ3) is 3.45. The first-order valence-corrected chi connectivity index (χ1v) is 12.1. The second-order valence-electron chi connectivity index (χ2n) is 7.91. The van der Waals surface area contributed by atoms with Crippen molar-refractivity contribution in [3.05, 3.63) is 81.0 Å². The van der Waals surface area contributed by atoms with Gasteiger partial charge in [0.15, 0.2) is 0 Å².